The Morgan fingerprint density at radius 1 is 1.04 bits per heavy atom. The molecule has 2 aromatic carbocycles. The fourth-order valence-electron chi connectivity index (χ4n) is 2.25. The summed E-state index contributed by atoms with van der Waals surface area (Å²) >= 11 is 0. The van der Waals surface area contributed by atoms with Crippen LogP contribution < -0.4 is 9.47 Å². The predicted octanol–water partition coefficient (Wildman–Crippen LogP) is 4.28. The zero-order valence-corrected chi connectivity index (χ0v) is 13.7. The summed E-state index contributed by atoms with van der Waals surface area (Å²) in [4.78, 5) is 10.9. The second kappa shape index (κ2) is 8.58. The molecule has 4 nitrogen and oxygen atoms in total. The lowest BCUT2D eigenvalue weighted by atomic mass is 10.0. The maximum Gasteiger partial charge on any atom is 0.307 e. The molecule has 1 N–H and O–H groups in total. The van der Waals surface area contributed by atoms with Gasteiger partial charge in [-0.15, -0.1) is 0 Å². The van der Waals surface area contributed by atoms with E-state index in [-0.39, 0.29) is 6.42 Å². The van der Waals surface area contributed by atoms with Crippen molar-refractivity contribution in [2.75, 3.05) is 14.2 Å². The smallest absolute Gasteiger partial charge is 0.307 e. The highest BCUT2D eigenvalue weighted by Gasteiger charge is 2.07. The van der Waals surface area contributed by atoms with Gasteiger partial charge in [0.25, 0.3) is 0 Å². The van der Waals surface area contributed by atoms with Gasteiger partial charge in [-0.3, -0.25) is 4.79 Å². The van der Waals surface area contributed by atoms with E-state index in [2.05, 4.69) is 0 Å². The molecule has 124 valence electrons. The molecule has 0 saturated carbocycles. The van der Waals surface area contributed by atoms with Gasteiger partial charge in [0.15, 0.2) is 11.5 Å². The average molecular weight is 324 g/mol. The van der Waals surface area contributed by atoms with Gasteiger partial charge in [0, 0.05) is 0 Å². The molecule has 0 bridgehead atoms. The monoisotopic (exact) mass is 324 g/mol. The molecule has 0 radical (unpaired) electrons. The Kier molecular flexibility index (Phi) is 6.20. The molecule has 2 rings (SSSR count). The minimum Gasteiger partial charge on any atom is -0.493 e. The molecular formula is C20H20O4. The molecule has 4 heteroatoms. The molecule has 0 unspecified atom stereocenters. The second-order valence-corrected chi connectivity index (χ2v) is 5.07. The Morgan fingerprint density at radius 2 is 1.75 bits per heavy atom. The minimum absolute atomic E-state index is 0.0528. The number of allylic oxidation sites excluding steroid dienone is 2. The third-order valence-corrected chi connectivity index (χ3v) is 3.47. The van der Waals surface area contributed by atoms with E-state index in [1.807, 2.05) is 54.6 Å². The summed E-state index contributed by atoms with van der Waals surface area (Å²) in [7, 11) is 3.15. The Labute approximate surface area is 141 Å². The number of ether oxygens (including phenoxy) is 2. The van der Waals surface area contributed by atoms with E-state index in [0.717, 1.165) is 16.7 Å². The summed E-state index contributed by atoms with van der Waals surface area (Å²) in [5.41, 5.74) is 2.71. The van der Waals surface area contributed by atoms with E-state index in [1.165, 1.54) is 0 Å². The zero-order chi connectivity index (χ0) is 17.4. The topological polar surface area (TPSA) is 55.8 Å². The molecule has 0 aliphatic rings. The van der Waals surface area contributed by atoms with Gasteiger partial charge in [-0.25, -0.2) is 0 Å². The molecule has 0 amide bonds. The van der Waals surface area contributed by atoms with Crippen LogP contribution in [-0.2, 0) is 4.79 Å². The molecule has 0 aromatic heterocycles. The number of hydrogen-bond donors (Lipinski definition) is 1. The molecule has 0 saturated heterocycles. The molecule has 0 atom stereocenters. The van der Waals surface area contributed by atoms with Gasteiger partial charge in [-0.1, -0.05) is 54.6 Å². The highest BCUT2D eigenvalue weighted by atomic mass is 16.5. The molecule has 24 heavy (non-hydrogen) atoms. The Morgan fingerprint density at radius 3 is 2.38 bits per heavy atom. The van der Waals surface area contributed by atoms with Crippen LogP contribution in [0.4, 0.5) is 0 Å². The number of aliphatic carboxylic acids is 1. The van der Waals surface area contributed by atoms with Crippen LogP contribution in [0.25, 0.3) is 11.6 Å². The van der Waals surface area contributed by atoms with Crippen molar-refractivity contribution < 1.29 is 19.4 Å². The fraction of sp³-hybridized carbons (Fsp3) is 0.150. The zero-order valence-electron chi connectivity index (χ0n) is 13.7. The summed E-state index contributed by atoms with van der Waals surface area (Å²) in [5.74, 6) is 0.358. The summed E-state index contributed by atoms with van der Waals surface area (Å²) in [6.07, 6.45) is 5.48. The summed E-state index contributed by atoms with van der Waals surface area (Å²) < 4.78 is 10.6. The number of carboxylic acids is 1. The van der Waals surface area contributed by atoms with Crippen molar-refractivity contribution in [3.05, 3.63) is 71.8 Å². The average Bonchev–Trinajstić information content (AvgIpc) is 2.62. The van der Waals surface area contributed by atoms with Gasteiger partial charge in [-0.2, -0.15) is 0 Å². The van der Waals surface area contributed by atoms with Crippen LogP contribution in [0, 0.1) is 0 Å². The predicted molar refractivity (Wildman–Crippen MR) is 95.3 cm³/mol. The number of carboxylic acid groups (broad SMARTS) is 1. The van der Waals surface area contributed by atoms with Crippen LogP contribution in [0.1, 0.15) is 17.5 Å². The first-order valence-electron chi connectivity index (χ1n) is 7.51. The number of rotatable bonds is 7. The highest BCUT2D eigenvalue weighted by molar-refractivity contribution is 5.82. The second-order valence-electron chi connectivity index (χ2n) is 5.07. The van der Waals surface area contributed by atoms with Crippen LogP contribution in [0.5, 0.6) is 11.5 Å². The Balaban J connectivity index is 2.37. The van der Waals surface area contributed by atoms with Crippen molar-refractivity contribution in [2.24, 2.45) is 0 Å². The maximum atomic E-state index is 10.9. The van der Waals surface area contributed by atoms with Crippen molar-refractivity contribution in [1.82, 2.24) is 0 Å². The summed E-state index contributed by atoms with van der Waals surface area (Å²) in [6.45, 7) is 0. The van der Waals surface area contributed by atoms with E-state index >= 15 is 0 Å². The number of carbonyl (C=O) groups is 1. The standard InChI is InChI=1S/C20H20O4/c1-23-18-12-10-17(14-19(18)24-2)16(11-13-20(21)22)9-8-15-6-4-3-5-7-15/h3-12,14H,13H2,1-2H3,(H,21,22). The van der Waals surface area contributed by atoms with Crippen molar-refractivity contribution in [3.8, 4) is 11.5 Å². The van der Waals surface area contributed by atoms with E-state index in [4.69, 9.17) is 14.6 Å². The van der Waals surface area contributed by atoms with Gasteiger partial charge < -0.3 is 14.6 Å². The van der Waals surface area contributed by atoms with Gasteiger partial charge in [0.05, 0.1) is 20.6 Å². The SMILES string of the molecule is COc1ccc(C(C=Cc2ccccc2)=CCC(=O)O)cc1OC. The normalized spacial score (nSPS) is 11.5. The first kappa shape index (κ1) is 17.3. The number of benzene rings is 2. The van der Waals surface area contributed by atoms with Crippen molar-refractivity contribution in [2.45, 2.75) is 6.42 Å². The maximum absolute atomic E-state index is 10.9. The van der Waals surface area contributed by atoms with Gasteiger partial charge in [0.1, 0.15) is 0 Å². The van der Waals surface area contributed by atoms with E-state index in [1.54, 1.807) is 26.4 Å². The van der Waals surface area contributed by atoms with Crippen molar-refractivity contribution in [1.29, 1.82) is 0 Å². The minimum atomic E-state index is -0.874. The lowest BCUT2D eigenvalue weighted by Gasteiger charge is -2.10. The molecular weight excluding hydrogens is 304 g/mol. The quantitative estimate of drug-likeness (QED) is 0.773. The molecule has 0 heterocycles. The lowest BCUT2D eigenvalue weighted by molar-refractivity contribution is -0.135. The Hall–Kier alpha value is -3.01. The first-order chi connectivity index (χ1) is 11.6. The Bertz CT molecular complexity index is 745. The fourth-order valence-corrected chi connectivity index (χ4v) is 2.25. The third kappa shape index (κ3) is 4.74. The van der Waals surface area contributed by atoms with E-state index in [0.29, 0.717) is 11.5 Å². The van der Waals surface area contributed by atoms with Crippen molar-refractivity contribution >= 4 is 17.6 Å². The largest absolute Gasteiger partial charge is 0.493 e. The molecule has 0 spiro atoms. The van der Waals surface area contributed by atoms with Gasteiger partial charge >= 0.3 is 5.97 Å². The number of hydrogen-bond acceptors (Lipinski definition) is 3. The number of methoxy groups -OCH3 is 2. The van der Waals surface area contributed by atoms with Gasteiger partial charge in [0.2, 0.25) is 0 Å². The van der Waals surface area contributed by atoms with Crippen LogP contribution in [0.3, 0.4) is 0 Å². The van der Waals surface area contributed by atoms with E-state index in [9.17, 15) is 4.79 Å². The molecule has 0 fully saturated rings. The molecule has 2 aromatic rings. The summed E-state index contributed by atoms with van der Waals surface area (Å²) in [6, 6.07) is 15.4. The summed E-state index contributed by atoms with van der Waals surface area (Å²) in [5, 5.41) is 8.96. The van der Waals surface area contributed by atoms with Crippen LogP contribution >= 0.6 is 0 Å². The molecule has 0 aliphatic carbocycles. The van der Waals surface area contributed by atoms with Crippen LogP contribution in [0.2, 0.25) is 0 Å². The van der Waals surface area contributed by atoms with Gasteiger partial charge in [-0.05, 0) is 28.8 Å². The first-order valence-corrected chi connectivity index (χ1v) is 7.51. The lowest BCUT2D eigenvalue weighted by Crippen LogP contribution is -1.94. The molecule has 0 aliphatic heterocycles. The van der Waals surface area contributed by atoms with E-state index < -0.39 is 5.97 Å². The highest BCUT2D eigenvalue weighted by Crippen LogP contribution is 2.31. The third-order valence-electron chi connectivity index (χ3n) is 3.47. The van der Waals surface area contributed by atoms with Crippen LogP contribution in [0.15, 0.2) is 60.7 Å². The van der Waals surface area contributed by atoms with Crippen LogP contribution in [-0.4, -0.2) is 25.3 Å². The van der Waals surface area contributed by atoms with Crippen molar-refractivity contribution in [3.63, 3.8) is 0 Å².